The smallest absolute Gasteiger partial charge is 1.00 e. The third-order valence-corrected chi connectivity index (χ3v) is 13.7. The van der Waals surface area contributed by atoms with E-state index in [9.17, 15) is 0 Å². The van der Waals surface area contributed by atoms with Crippen molar-refractivity contribution in [3.63, 3.8) is 0 Å². The quantitative estimate of drug-likeness (QED) is 0.154. The summed E-state index contributed by atoms with van der Waals surface area (Å²) in [7, 11) is 0. The number of rotatable bonds is 0. The molecule has 5 heterocycles. The van der Waals surface area contributed by atoms with Gasteiger partial charge in [0.05, 0.1) is 22.4 Å². The summed E-state index contributed by atoms with van der Waals surface area (Å²) in [6.07, 6.45) is 36.9. The topological polar surface area (TPSA) is 61.5 Å². The van der Waals surface area contributed by atoms with E-state index < -0.39 is 0 Å². The van der Waals surface area contributed by atoms with Crippen molar-refractivity contribution < 1.29 is 14.3 Å². The van der Waals surface area contributed by atoms with Crippen LogP contribution in [0, 0.1) is 0 Å². The molecule has 10 heteroatoms. The van der Waals surface area contributed by atoms with Gasteiger partial charge in [0, 0.05) is 56.7 Å². The molecule has 5 aromatic rings. The minimum atomic E-state index is 0. The summed E-state index contributed by atoms with van der Waals surface area (Å²) >= 11 is 0. The Hall–Kier alpha value is 1.66. The second kappa shape index (κ2) is 40.8. The molecule has 0 unspecified atom stereocenters. The van der Waals surface area contributed by atoms with Gasteiger partial charge in [-0.3, -0.25) is 20.0 Å². The van der Waals surface area contributed by atoms with E-state index in [1.807, 2.05) is 18.6 Å². The standard InChI is InChI=1S/C11H13N.C11H11N.3C11H9N.10CH4.5Ba.10H/c5*1-2-8-4-5-11-10(6-7-12-11)9(8)3-1;;;;;;;;;;;;;;;;;;;;;;;;;/h4-5,12H,1-3,6-7H2;4-5,7H,1-3,6H2;1,3-5,7H,2,6H2;1-2,4-5,7H,3,6H2;1-5H,6-7H2;10*1H4;;;;;;;;;;;;;;;/q;;;;;;;;;;;;;;;5*+2;10*-1. The number of benzene rings is 5. The first-order chi connectivity index (χ1) is 29.7. The van der Waals surface area contributed by atoms with Crippen LogP contribution in [0.2, 0.25) is 0 Å². The second-order valence-corrected chi connectivity index (χ2v) is 17.1. The van der Waals surface area contributed by atoms with Gasteiger partial charge in [-0.15, -0.1) is 0 Å². The van der Waals surface area contributed by atoms with Crippen molar-refractivity contribution >= 4 is 310 Å². The number of fused-ring (bicyclic) bond motifs is 15. The van der Waals surface area contributed by atoms with Gasteiger partial charge in [0.15, 0.2) is 0 Å². The van der Waals surface area contributed by atoms with Crippen molar-refractivity contribution in [3.05, 3.63) is 167 Å². The Labute approximate surface area is 675 Å². The molecule has 0 fully saturated rings. The SMILES string of the molecule is C.C.C.C.C.C.C.C.C.C.C1=Cc2c(ccc3c2CC=N3)C1.C1=Cc2c3c(ccc2=C1)=NCC3.C1=Cc2ccc3c(c2C1)CC=N3.C1=Nc2ccc3c(c2C1)CCC3.[Ba+2].[Ba+2].[Ba+2].[Ba+2].[Ba+2].[H-].[H-].[H-].[H-].[H-].[H-].[H-].[H-].[H-].[H-].c1cc2c(c3c1CCC3)CCN2. The van der Waals surface area contributed by atoms with E-state index in [0.29, 0.717) is 0 Å². The molecule has 396 valence electrons. The first kappa shape index (κ1) is 85.5. The van der Waals surface area contributed by atoms with E-state index in [2.05, 4.69) is 128 Å². The fraction of sp³-hybridized carbons (Fsp3) is 0.385. The molecule has 5 aliphatic carbocycles. The van der Waals surface area contributed by atoms with Crippen LogP contribution >= 0.6 is 0 Å². The molecule has 0 bridgehead atoms. The van der Waals surface area contributed by atoms with Crippen molar-refractivity contribution in [1.29, 1.82) is 0 Å². The predicted octanol–water partition coefficient (Wildman–Crippen LogP) is 15.9. The Morgan fingerprint density at radius 1 is 0.400 bits per heavy atom. The number of nitrogens with zero attached hydrogens (tertiary/aromatic N) is 4. The van der Waals surface area contributed by atoms with Crippen LogP contribution in [-0.2, 0) is 70.6 Å². The van der Waals surface area contributed by atoms with E-state index in [0.717, 1.165) is 51.6 Å². The molecule has 5 aromatic carbocycles. The van der Waals surface area contributed by atoms with Gasteiger partial charge in [-0.25, -0.2) is 0 Å². The molecule has 0 radical (unpaired) electrons. The summed E-state index contributed by atoms with van der Waals surface area (Å²) in [5, 5.41) is 5.98. The maximum Gasteiger partial charge on any atom is 2.00 e. The fourth-order valence-corrected chi connectivity index (χ4v) is 10.7. The Morgan fingerprint density at radius 3 is 1.60 bits per heavy atom. The number of allylic oxidation sites excluding steroid dienone is 3. The van der Waals surface area contributed by atoms with Crippen molar-refractivity contribution in [3.8, 4) is 0 Å². The Morgan fingerprint density at radius 2 is 0.947 bits per heavy atom. The fourth-order valence-electron chi connectivity index (χ4n) is 10.7. The predicted molar refractivity (Wildman–Crippen MR) is 360 cm³/mol. The van der Waals surface area contributed by atoms with Crippen LogP contribution in [0.4, 0.5) is 22.7 Å². The third kappa shape index (κ3) is 19.1. The molecule has 0 saturated heterocycles. The summed E-state index contributed by atoms with van der Waals surface area (Å²) in [5.41, 5.74) is 26.0. The normalized spacial score (nSPS) is 13.9. The van der Waals surface area contributed by atoms with Gasteiger partial charge in [0.25, 0.3) is 0 Å². The summed E-state index contributed by atoms with van der Waals surface area (Å²) in [4.78, 5) is 17.4. The Bertz CT molecular complexity index is 2810. The largest absolute Gasteiger partial charge is 2.00 e. The molecule has 0 saturated carbocycles. The molecule has 5 aliphatic heterocycles. The number of anilines is 1. The zero-order valence-electron chi connectivity index (χ0n) is 48.0. The molecule has 15 rings (SSSR count). The molecule has 5 nitrogen and oxygen atoms in total. The first-order valence-corrected chi connectivity index (χ1v) is 22.3. The van der Waals surface area contributed by atoms with E-state index in [4.69, 9.17) is 0 Å². The van der Waals surface area contributed by atoms with E-state index in [1.54, 1.807) is 27.8 Å². The number of aliphatic imine (C=N–C) groups is 3. The summed E-state index contributed by atoms with van der Waals surface area (Å²) in [5.74, 6) is 0. The summed E-state index contributed by atoms with van der Waals surface area (Å²) < 4.78 is 0. The zero-order valence-corrected chi connectivity index (χ0v) is 60.2. The third-order valence-electron chi connectivity index (χ3n) is 13.7. The van der Waals surface area contributed by atoms with Gasteiger partial charge in [-0.1, -0.05) is 147 Å². The van der Waals surface area contributed by atoms with Crippen LogP contribution in [0.3, 0.4) is 0 Å². The minimum absolute atomic E-state index is 0. The monoisotopic (exact) mass is 1640 g/mol. The van der Waals surface area contributed by atoms with Crippen LogP contribution in [0.5, 0.6) is 0 Å². The number of nitrogens with one attached hydrogen (secondary N) is 1. The average molecular weight is 1640 g/mol. The number of aryl methyl sites for hydroxylation is 2. The molecule has 0 spiro atoms. The zero-order chi connectivity index (χ0) is 39.8. The van der Waals surface area contributed by atoms with Crippen molar-refractivity contribution in [2.45, 2.75) is 158 Å². The molecule has 75 heavy (non-hydrogen) atoms. The summed E-state index contributed by atoms with van der Waals surface area (Å²) in [6, 6.07) is 21.9. The Kier molecular flexibility index (Phi) is 46.5. The van der Waals surface area contributed by atoms with Crippen molar-refractivity contribution in [2.24, 2.45) is 20.0 Å². The average Bonchev–Trinajstić information content (AvgIpc) is 4.11. The molecule has 1 N–H and O–H groups in total. The van der Waals surface area contributed by atoms with Gasteiger partial charge in [0.1, 0.15) is 0 Å². The van der Waals surface area contributed by atoms with Gasteiger partial charge >= 0.3 is 244 Å². The maximum atomic E-state index is 4.43. The van der Waals surface area contributed by atoms with Crippen LogP contribution in [0.1, 0.15) is 179 Å². The molecule has 10 aliphatic rings. The first-order valence-electron chi connectivity index (χ1n) is 22.3. The molecule has 0 atom stereocenters. The second-order valence-electron chi connectivity index (χ2n) is 17.1. The van der Waals surface area contributed by atoms with Crippen LogP contribution in [0.25, 0.3) is 24.3 Å². The summed E-state index contributed by atoms with van der Waals surface area (Å²) in [6.45, 7) is 2.12. The minimum Gasteiger partial charge on any atom is -1.00 e. The molecular formula is C65H101Ba5N5. The van der Waals surface area contributed by atoms with Gasteiger partial charge in [0.2, 0.25) is 0 Å². The maximum absolute atomic E-state index is 4.43. The van der Waals surface area contributed by atoms with Gasteiger partial charge < -0.3 is 19.6 Å². The molecule has 0 amide bonds. The van der Waals surface area contributed by atoms with Crippen LogP contribution in [-0.4, -0.2) is 276 Å². The molecular weight excluding hydrogens is 1540 g/mol. The number of hydrogen-bond donors (Lipinski definition) is 1. The van der Waals surface area contributed by atoms with E-state index in [1.165, 1.54) is 128 Å². The van der Waals surface area contributed by atoms with Gasteiger partial charge in [-0.2, -0.15) is 0 Å². The number of hydrogen-bond acceptors (Lipinski definition) is 5. The van der Waals surface area contributed by atoms with Crippen LogP contribution < -0.4 is 15.9 Å². The Balaban J connectivity index is -0.0000000516. The van der Waals surface area contributed by atoms with Crippen LogP contribution in [0.15, 0.2) is 98.9 Å². The van der Waals surface area contributed by atoms with E-state index >= 15 is 0 Å². The van der Waals surface area contributed by atoms with Gasteiger partial charge in [-0.05, 0) is 178 Å². The van der Waals surface area contributed by atoms with Crippen molar-refractivity contribution in [2.75, 3.05) is 18.4 Å². The van der Waals surface area contributed by atoms with Crippen molar-refractivity contribution in [1.82, 2.24) is 0 Å². The molecule has 0 aromatic heterocycles. The van der Waals surface area contributed by atoms with E-state index in [-0.39, 0.29) is 333 Å².